The van der Waals surface area contributed by atoms with Gasteiger partial charge in [-0.25, -0.2) is 4.79 Å². The Labute approximate surface area is 131 Å². The first-order chi connectivity index (χ1) is 10.1. The average molecular weight is 321 g/mol. The number of hydrogen-bond donors (Lipinski definition) is 1. The first-order valence-corrected chi connectivity index (χ1v) is 7.73. The van der Waals surface area contributed by atoms with Gasteiger partial charge in [-0.1, -0.05) is 41.9 Å². The fourth-order valence-corrected chi connectivity index (χ4v) is 3.38. The minimum absolute atomic E-state index is 0.187. The van der Waals surface area contributed by atoms with E-state index in [-0.39, 0.29) is 18.5 Å². The highest BCUT2D eigenvalue weighted by Gasteiger charge is 2.37. The minimum atomic E-state index is -0.490. The van der Waals surface area contributed by atoms with Crippen LogP contribution in [-0.4, -0.2) is 22.9 Å². The highest BCUT2D eigenvalue weighted by molar-refractivity contribution is 7.16. The molecule has 0 saturated carbocycles. The molecule has 1 saturated heterocycles. The van der Waals surface area contributed by atoms with Gasteiger partial charge in [0.2, 0.25) is 0 Å². The normalized spacial score (nSPS) is 18.1. The second-order valence-electron chi connectivity index (χ2n) is 4.82. The summed E-state index contributed by atoms with van der Waals surface area (Å²) in [6.45, 7) is 0.271. The summed E-state index contributed by atoms with van der Waals surface area (Å²) >= 11 is 7.24. The summed E-state index contributed by atoms with van der Waals surface area (Å²) in [5.74, 6) is -0.187. The van der Waals surface area contributed by atoms with Crippen molar-refractivity contribution >= 4 is 34.9 Å². The van der Waals surface area contributed by atoms with Crippen molar-refractivity contribution < 1.29 is 9.59 Å². The molecule has 6 heteroatoms. The molecule has 108 valence electrons. The van der Waals surface area contributed by atoms with Gasteiger partial charge >= 0.3 is 6.03 Å². The number of halogens is 1. The molecule has 0 spiro atoms. The Bertz CT molecular complexity index is 671. The standard InChI is InChI=1S/C15H13ClN2O2S/c16-13-7-6-11(21-13)9-18-14(19)12(17-15(18)20)8-10-4-2-1-3-5-10/h1-7,12H,8-9H2,(H,17,20)/t12-/m0/s1. The van der Waals surface area contributed by atoms with Gasteiger partial charge in [-0.3, -0.25) is 9.69 Å². The number of carbonyl (C=O) groups is 2. The summed E-state index contributed by atoms with van der Waals surface area (Å²) in [4.78, 5) is 26.4. The number of amides is 3. The number of nitrogens with one attached hydrogen (secondary N) is 1. The lowest BCUT2D eigenvalue weighted by molar-refractivity contribution is -0.127. The molecule has 1 aliphatic rings. The molecular weight excluding hydrogens is 308 g/mol. The van der Waals surface area contributed by atoms with Crippen molar-refractivity contribution in [3.8, 4) is 0 Å². The lowest BCUT2D eigenvalue weighted by Gasteiger charge is -2.11. The van der Waals surface area contributed by atoms with Gasteiger partial charge in [-0.15, -0.1) is 11.3 Å². The smallest absolute Gasteiger partial charge is 0.325 e. The number of carbonyl (C=O) groups excluding carboxylic acids is 2. The van der Waals surface area contributed by atoms with Crippen LogP contribution in [0.2, 0.25) is 4.34 Å². The van der Waals surface area contributed by atoms with E-state index in [1.54, 1.807) is 6.07 Å². The first-order valence-electron chi connectivity index (χ1n) is 6.53. The Balaban J connectivity index is 1.70. The maximum atomic E-state index is 12.3. The topological polar surface area (TPSA) is 49.4 Å². The van der Waals surface area contributed by atoms with E-state index in [0.29, 0.717) is 10.8 Å². The highest BCUT2D eigenvalue weighted by atomic mass is 35.5. The molecule has 21 heavy (non-hydrogen) atoms. The number of thiophene rings is 1. The van der Waals surface area contributed by atoms with Crippen LogP contribution in [-0.2, 0) is 17.8 Å². The Morgan fingerprint density at radius 1 is 1.14 bits per heavy atom. The number of hydrogen-bond acceptors (Lipinski definition) is 3. The monoisotopic (exact) mass is 320 g/mol. The predicted octanol–water partition coefficient (Wildman–Crippen LogP) is 3.06. The van der Waals surface area contributed by atoms with Crippen molar-refractivity contribution in [2.75, 3.05) is 0 Å². The van der Waals surface area contributed by atoms with Crippen molar-refractivity contribution in [3.63, 3.8) is 0 Å². The van der Waals surface area contributed by atoms with E-state index in [0.717, 1.165) is 10.4 Å². The Hall–Kier alpha value is -1.85. The second kappa shape index (κ2) is 5.87. The van der Waals surface area contributed by atoms with Gasteiger partial charge in [0, 0.05) is 11.3 Å². The van der Waals surface area contributed by atoms with Gasteiger partial charge < -0.3 is 5.32 Å². The zero-order valence-corrected chi connectivity index (χ0v) is 12.7. The summed E-state index contributed by atoms with van der Waals surface area (Å²) < 4.78 is 0.651. The first kappa shape index (κ1) is 14.1. The summed E-state index contributed by atoms with van der Waals surface area (Å²) in [7, 11) is 0. The maximum absolute atomic E-state index is 12.3. The van der Waals surface area contributed by atoms with Gasteiger partial charge in [0.05, 0.1) is 10.9 Å². The number of urea groups is 1. The molecule has 1 aromatic heterocycles. The van der Waals surface area contributed by atoms with Crippen LogP contribution in [0.4, 0.5) is 4.79 Å². The van der Waals surface area contributed by atoms with Crippen LogP contribution < -0.4 is 5.32 Å². The molecule has 0 radical (unpaired) electrons. The van der Waals surface area contributed by atoms with Crippen molar-refractivity contribution in [2.24, 2.45) is 0 Å². The molecular formula is C15H13ClN2O2S. The molecule has 1 atom stereocenters. The van der Waals surface area contributed by atoms with Gasteiger partial charge in [0.15, 0.2) is 0 Å². The molecule has 0 aliphatic carbocycles. The molecule has 1 aliphatic heterocycles. The summed E-state index contributed by atoms with van der Waals surface area (Å²) in [6.07, 6.45) is 0.507. The van der Waals surface area contributed by atoms with Crippen LogP contribution in [0.15, 0.2) is 42.5 Å². The van der Waals surface area contributed by atoms with E-state index >= 15 is 0 Å². The van der Waals surface area contributed by atoms with Crippen LogP contribution in [0.5, 0.6) is 0 Å². The Kier molecular flexibility index (Phi) is 3.94. The molecule has 3 rings (SSSR count). The van der Waals surface area contributed by atoms with E-state index in [4.69, 9.17) is 11.6 Å². The predicted molar refractivity (Wildman–Crippen MR) is 82.3 cm³/mol. The molecule has 0 unspecified atom stereocenters. The second-order valence-corrected chi connectivity index (χ2v) is 6.62. The van der Waals surface area contributed by atoms with Crippen LogP contribution in [0.3, 0.4) is 0 Å². The molecule has 1 aromatic carbocycles. The zero-order chi connectivity index (χ0) is 14.8. The third-order valence-corrected chi connectivity index (χ3v) is 4.55. The molecule has 4 nitrogen and oxygen atoms in total. The van der Waals surface area contributed by atoms with Crippen LogP contribution in [0.25, 0.3) is 0 Å². The molecule has 3 amide bonds. The summed E-state index contributed by atoms with van der Waals surface area (Å²) in [5.41, 5.74) is 1.03. The third kappa shape index (κ3) is 3.09. The molecule has 2 aromatic rings. The Morgan fingerprint density at radius 3 is 2.57 bits per heavy atom. The number of rotatable bonds is 4. The van der Waals surface area contributed by atoms with Crippen molar-refractivity contribution in [1.82, 2.24) is 10.2 Å². The van der Waals surface area contributed by atoms with Gasteiger partial charge in [0.25, 0.3) is 5.91 Å². The van der Waals surface area contributed by atoms with Gasteiger partial charge in [-0.2, -0.15) is 0 Å². The molecule has 1 N–H and O–H groups in total. The largest absolute Gasteiger partial charge is 0.325 e. The lowest BCUT2D eigenvalue weighted by atomic mass is 10.1. The molecule has 1 fully saturated rings. The van der Waals surface area contributed by atoms with E-state index in [9.17, 15) is 9.59 Å². The third-order valence-electron chi connectivity index (χ3n) is 3.33. The van der Waals surface area contributed by atoms with E-state index < -0.39 is 6.04 Å². The number of nitrogens with zero attached hydrogens (tertiary/aromatic N) is 1. The highest BCUT2D eigenvalue weighted by Crippen LogP contribution is 2.24. The SMILES string of the molecule is O=C1N[C@@H](Cc2ccccc2)C(=O)N1Cc1ccc(Cl)s1. The summed E-state index contributed by atoms with van der Waals surface area (Å²) in [6, 6.07) is 12.4. The molecule has 0 bridgehead atoms. The van der Waals surface area contributed by atoms with Crippen LogP contribution >= 0.6 is 22.9 Å². The van der Waals surface area contributed by atoms with Crippen molar-refractivity contribution in [1.29, 1.82) is 0 Å². The lowest BCUT2D eigenvalue weighted by Crippen LogP contribution is -2.32. The quantitative estimate of drug-likeness (QED) is 0.880. The number of benzene rings is 1. The molecule has 2 heterocycles. The van der Waals surface area contributed by atoms with Crippen molar-refractivity contribution in [2.45, 2.75) is 19.0 Å². The zero-order valence-electron chi connectivity index (χ0n) is 11.1. The van der Waals surface area contributed by atoms with Gasteiger partial charge in [-0.05, 0) is 17.7 Å². The maximum Gasteiger partial charge on any atom is 0.325 e. The van der Waals surface area contributed by atoms with E-state index in [1.807, 2.05) is 36.4 Å². The Morgan fingerprint density at radius 2 is 1.90 bits per heavy atom. The fraction of sp³-hybridized carbons (Fsp3) is 0.200. The summed E-state index contributed by atoms with van der Waals surface area (Å²) in [5, 5.41) is 2.74. The average Bonchev–Trinajstić information content (AvgIpc) is 2.99. The van der Waals surface area contributed by atoms with E-state index in [2.05, 4.69) is 5.32 Å². The number of imide groups is 1. The van der Waals surface area contributed by atoms with Crippen molar-refractivity contribution in [3.05, 3.63) is 57.2 Å². The minimum Gasteiger partial charge on any atom is -0.325 e. The van der Waals surface area contributed by atoms with Gasteiger partial charge in [0.1, 0.15) is 6.04 Å². The van der Waals surface area contributed by atoms with Crippen LogP contribution in [0, 0.1) is 0 Å². The van der Waals surface area contributed by atoms with E-state index in [1.165, 1.54) is 16.2 Å². The fourth-order valence-electron chi connectivity index (χ4n) is 2.31. The van der Waals surface area contributed by atoms with Crippen LogP contribution in [0.1, 0.15) is 10.4 Å².